The third kappa shape index (κ3) is 2.53. The van der Waals surface area contributed by atoms with E-state index in [9.17, 15) is 13.2 Å². The SMILES string of the molecule is Nc1cccnc1S(=O)(=O)CCN1CCNC1=O. The maximum absolute atomic E-state index is 12.0. The zero-order valence-electron chi connectivity index (χ0n) is 9.67. The summed E-state index contributed by atoms with van der Waals surface area (Å²) >= 11 is 0. The topological polar surface area (TPSA) is 105 Å². The van der Waals surface area contributed by atoms with Gasteiger partial charge in [-0.3, -0.25) is 0 Å². The van der Waals surface area contributed by atoms with Crippen molar-refractivity contribution in [3.8, 4) is 0 Å². The van der Waals surface area contributed by atoms with Crippen molar-refractivity contribution in [2.75, 3.05) is 31.1 Å². The van der Waals surface area contributed by atoms with Gasteiger partial charge >= 0.3 is 6.03 Å². The molecule has 98 valence electrons. The van der Waals surface area contributed by atoms with Crippen LogP contribution in [0, 0.1) is 0 Å². The summed E-state index contributed by atoms with van der Waals surface area (Å²) in [5.41, 5.74) is 5.71. The van der Waals surface area contributed by atoms with Crippen molar-refractivity contribution in [1.29, 1.82) is 0 Å². The van der Waals surface area contributed by atoms with Crippen LogP contribution in [0.1, 0.15) is 0 Å². The fourth-order valence-corrected chi connectivity index (χ4v) is 3.02. The molecule has 2 amide bonds. The molecule has 0 aliphatic carbocycles. The number of amides is 2. The molecule has 0 aromatic carbocycles. The van der Waals surface area contributed by atoms with Gasteiger partial charge in [-0.15, -0.1) is 0 Å². The van der Waals surface area contributed by atoms with Crippen molar-refractivity contribution >= 4 is 21.6 Å². The summed E-state index contributed by atoms with van der Waals surface area (Å²) in [5.74, 6) is -0.179. The lowest BCUT2D eigenvalue weighted by molar-refractivity contribution is 0.220. The molecule has 1 aromatic rings. The van der Waals surface area contributed by atoms with Gasteiger partial charge in [0, 0.05) is 25.8 Å². The molecule has 0 atom stereocenters. The first-order valence-corrected chi connectivity index (χ1v) is 7.12. The van der Waals surface area contributed by atoms with E-state index in [2.05, 4.69) is 10.3 Å². The third-order valence-corrected chi connectivity index (χ3v) is 4.32. The second-order valence-corrected chi connectivity index (χ2v) is 5.96. The van der Waals surface area contributed by atoms with Crippen LogP contribution < -0.4 is 11.1 Å². The maximum atomic E-state index is 12.0. The molecule has 0 unspecified atom stereocenters. The minimum atomic E-state index is -3.56. The average Bonchev–Trinajstić information content (AvgIpc) is 2.73. The zero-order valence-corrected chi connectivity index (χ0v) is 10.5. The Kier molecular flexibility index (Phi) is 3.37. The Balaban J connectivity index is 2.08. The Morgan fingerprint density at radius 3 is 2.89 bits per heavy atom. The smallest absolute Gasteiger partial charge is 0.317 e. The Bertz CT molecular complexity index is 558. The van der Waals surface area contributed by atoms with Crippen molar-refractivity contribution < 1.29 is 13.2 Å². The largest absolute Gasteiger partial charge is 0.396 e. The van der Waals surface area contributed by atoms with Crippen LogP contribution in [0.5, 0.6) is 0 Å². The predicted octanol–water partition coefficient (Wildman–Crippen LogP) is -0.537. The van der Waals surface area contributed by atoms with Gasteiger partial charge in [0.1, 0.15) is 0 Å². The number of sulfone groups is 1. The molecule has 0 saturated carbocycles. The molecule has 8 heteroatoms. The molecule has 1 saturated heterocycles. The highest BCUT2D eigenvalue weighted by atomic mass is 32.2. The molecule has 3 N–H and O–H groups in total. The van der Waals surface area contributed by atoms with Crippen LogP contribution in [0.4, 0.5) is 10.5 Å². The standard InChI is InChI=1S/C10H14N4O3S/c11-8-2-1-3-12-9(8)18(16,17)7-6-14-5-4-13-10(14)15/h1-3H,4-7,11H2,(H,13,15). The number of nitrogens with two attached hydrogens (primary N) is 1. The number of urea groups is 1. The van der Waals surface area contributed by atoms with Gasteiger partial charge in [0.05, 0.1) is 11.4 Å². The van der Waals surface area contributed by atoms with Crippen LogP contribution in [-0.4, -0.2) is 49.7 Å². The van der Waals surface area contributed by atoms with Crippen molar-refractivity contribution in [2.45, 2.75) is 5.03 Å². The number of carbonyl (C=O) groups is 1. The molecule has 0 spiro atoms. The van der Waals surface area contributed by atoms with Gasteiger partial charge in [-0.2, -0.15) is 0 Å². The summed E-state index contributed by atoms with van der Waals surface area (Å²) in [5, 5.41) is 2.49. The van der Waals surface area contributed by atoms with Gasteiger partial charge in [-0.25, -0.2) is 18.2 Å². The van der Waals surface area contributed by atoms with E-state index in [0.29, 0.717) is 13.1 Å². The van der Waals surface area contributed by atoms with E-state index in [4.69, 9.17) is 5.73 Å². The van der Waals surface area contributed by atoms with E-state index in [1.807, 2.05) is 0 Å². The molecule has 0 radical (unpaired) electrons. The van der Waals surface area contributed by atoms with E-state index in [0.717, 1.165) is 0 Å². The molecule has 1 aliphatic heterocycles. The lowest BCUT2D eigenvalue weighted by atomic mass is 10.4. The van der Waals surface area contributed by atoms with Crippen LogP contribution in [0.3, 0.4) is 0 Å². The molecule has 1 aromatic heterocycles. The number of hydrogen-bond donors (Lipinski definition) is 2. The van der Waals surface area contributed by atoms with Crippen molar-refractivity contribution in [1.82, 2.24) is 15.2 Å². The van der Waals surface area contributed by atoms with E-state index in [1.54, 1.807) is 6.07 Å². The average molecular weight is 270 g/mol. The van der Waals surface area contributed by atoms with E-state index >= 15 is 0 Å². The number of pyridine rings is 1. The minimum Gasteiger partial charge on any atom is -0.396 e. The van der Waals surface area contributed by atoms with Gasteiger partial charge in [0.2, 0.25) is 0 Å². The summed E-state index contributed by atoms with van der Waals surface area (Å²) < 4.78 is 24.0. The fourth-order valence-electron chi connectivity index (χ4n) is 1.71. The number of nitrogens with one attached hydrogen (secondary N) is 1. The number of carbonyl (C=O) groups excluding carboxylic acids is 1. The Hall–Kier alpha value is -1.83. The molecule has 1 aliphatic rings. The number of aromatic nitrogens is 1. The van der Waals surface area contributed by atoms with E-state index in [1.165, 1.54) is 17.2 Å². The zero-order chi connectivity index (χ0) is 13.2. The summed E-state index contributed by atoms with van der Waals surface area (Å²) in [6.45, 7) is 1.21. The first kappa shape index (κ1) is 12.6. The molecule has 1 fully saturated rings. The third-order valence-electron chi connectivity index (χ3n) is 2.67. The van der Waals surface area contributed by atoms with Crippen LogP contribution >= 0.6 is 0 Å². The van der Waals surface area contributed by atoms with Crippen LogP contribution in [0.15, 0.2) is 23.4 Å². The lowest BCUT2D eigenvalue weighted by Gasteiger charge is -2.14. The molecule has 0 bridgehead atoms. The highest BCUT2D eigenvalue weighted by Crippen LogP contribution is 2.15. The monoisotopic (exact) mass is 270 g/mol. The van der Waals surface area contributed by atoms with Crippen molar-refractivity contribution in [3.63, 3.8) is 0 Å². The second kappa shape index (κ2) is 4.81. The summed E-state index contributed by atoms with van der Waals surface area (Å²) in [7, 11) is -3.56. The van der Waals surface area contributed by atoms with Gasteiger partial charge in [0.15, 0.2) is 14.9 Å². The number of rotatable bonds is 4. The normalized spacial score (nSPS) is 15.8. The van der Waals surface area contributed by atoms with E-state index in [-0.39, 0.29) is 29.0 Å². The van der Waals surface area contributed by atoms with Crippen LogP contribution in [0.25, 0.3) is 0 Å². The Morgan fingerprint density at radius 1 is 1.50 bits per heavy atom. The van der Waals surface area contributed by atoms with Crippen LogP contribution in [-0.2, 0) is 9.84 Å². The molecule has 2 heterocycles. The van der Waals surface area contributed by atoms with Gasteiger partial charge in [0.25, 0.3) is 0 Å². The summed E-state index contributed by atoms with van der Waals surface area (Å²) in [6, 6.07) is 2.82. The lowest BCUT2D eigenvalue weighted by Crippen LogP contribution is -2.32. The van der Waals surface area contributed by atoms with Crippen molar-refractivity contribution in [3.05, 3.63) is 18.3 Å². The number of nitrogens with zero attached hydrogens (tertiary/aromatic N) is 2. The highest BCUT2D eigenvalue weighted by molar-refractivity contribution is 7.91. The van der Waals surface area contributed by atoms with Crippen LogP contribution in [0.2, 0.25) is 0 Å². The molecule has 18 heavy (non-hydrogen) atoms. The number of hydrogen-bond acceptors (Lipinski definition) is 5. The Labute approximate surface area is 105 Å². The molecule has 2 rings (SSSR count). The first-order chi connectivity index (χ1) is 8.50. The summed E-state index contributed by atoms with van der Waals surface area (Å²) in [6.07, 6.45) is 1.38. The number of nitrogen functional groups attached to an aromatic ring is 1. The van der Waals surface area contributed by atoms with E-state index < -0.39 is 9.84 Å². The molecular formula is C10H14N4O3S. The molecular weight excluding hydrogens is 256 g/mol. The first-order valence-electron chi connectivity index (χ1n) is 5.47. The molecule has 7 nitrogen and oxygen atoms in total. The van der Waals surface area contributed by atoms with Gasteiger partial charge in [-0.1, -0.05) is 0 Å². The highest BCUT2D eigenvalue weighted by Gasteiger charge is 2.24. The Morgan fingerprint density at radius 2 is 2.28 bits per heavy atom. The predicted molar refractivity (Wildman–Crippen MR) is 65.7 cm³/mol. The second-order valence-electron chi connectivity index (χ2n) is 3.94. The number of anilines is 1. The quantitative estimate of drug-likeness (QED) is 0.764. The van der Waals surface area contributed by atoms with Crippen molar-refractivity contribution in [2.24, 2.45) is 0 Å². The van der Waals surface area contributed by atoms with Gasteiger partial charge < -0.3 is 16.0 Å². The fraction of sp³-hybridized carbons (Fsp3) is 0.400. The maximum Gasteiger partial charge on any atom is 0.317 e. The minimum absolute atomic E-state index is 0.121. The summed E-state index contributed by atoms with van der Waals surface area (Å²) in [4.78, 5) is 16.5. The van der Waals surface area contributed by atoms with Gasteiger partial charge in [-0.05, 0) is 12.1 Å².